The Morgan fingerprint density at radius 1 is 1.12 bits per heavy atom. The largest absolute Gasteiger partial charge is 0.451 e. The second-order valence-electron chi connectivity index (χ2n) is 6.88. The predicted molar refractivity (Wildman–Crippen MR) is 114 cm³/mol. The molecule has 8 nitrogen and oxygen atoms in total. The lowest BCUT2D eigenvalue weighted by Gasteiger charge is -2.06. The van der Waals surface area contributed by atoms with E-state index >= 15 is 0 Å². The van der Waals surface area contributed by atoms with Crippen molar-refractivity contribution in [3.63, 3.8) is 0 Å². The van der Waals surface area contributed by atoms with Crippen LogP contribution in [0.3, 0.4) is 0 Å². The van der Waals surface area contributed by atoms with Crippen LogP contribution in [0.15, 0.2) is 65.8 Å². The standard InChI is InChI=1S/C21H16F4N8/c22-16-3-1-2-4-17(16)28-8-12(7-26)5-14-6-15(18-19(27)31-11-32-33(14)18)13-9-29-20(30-10-13)21(23,24)25/h1-4,6-11H,5,26H2,(H2,27,31,32). The van der Waals surface area contributed by atoms with Crippen molar-refractivity contribution < 1.29 is 17.6 Å². The van der Waals surface area contributed by atoms with Gasteiger partial charge in [-0.05, 0) is 30.0 Å². The molecule has 168 valence electrons. The Balaban J connectivity index is 1.72. The average molecular weight is 456 g/mol. The fourth-order valence-corrected chi connectivity index (χ4v) is 3.16. The van der Waals surface area contributed by atoms with Crippen LogP contribution in [0.2, 0.25) is 0 Å². The normalized spacial score (nSPS) is 12.7. The molecule has 0 aliphatic heterocycles. The van der Waals surface area contributed by atoms with Crippen LogP contribution in [0.5, 0.6) is 0 Å². The monoisotopic (exact) mass is 456 g/mol. The first-order chi connectivity index (χ1) is 15.8. The zero-order chi connectivity index (χ0) is 23.6. The van der Waals surface area contributed by atoms with E-state index in [1.54, 1.807) is 18.2 Å². The third kappa shape index (κ3) is 4.49. The van der Waals surface area contributed by atoms with Gasteiger partial charge in [0.15, 0.2) is 5.82 Å². The second-order valence-corrected chi connectivity index (χ2v) is 6.88. The van der Waals surface area contributed by atoms with Crippen LogP contribution in [0.1, 0.15) is 11.5 Å². The van der Waals surface area contributed by atoms with Gasteiger partial charge >= 0.3 is 6.18 Å². The average Bonchev–Trinajstić information content (AvgIpc) is 3.16. The van der Waals surface area contributed by atoms with E-state index in [4.69, 9.17) is 11.5 Å². The molecule has 3 heterocycles. The number of anilines is 1. The fourth-order valence-electron chi connectivity index (χ4n) is 3.16. The summed E-state index contributed by atoms with van der Waals surface area (Å²) < 4.78 is 53.8. The number of aromatic nitrogens is 5. The van der Waals surface area contributed by atoms with Gasteiger partial charge in [-0.2, -0.15) is 18.3 Å². The van der Waals surface area contributed by atoms with E-state index in [9.17, 15) is 17.6 Å². The Morgan fingerprint density at radius 2 is 1.85 bits per heavy atom. The summed E-state index contributed by atoms with van der Waals surface area (Å²) in [6.45, 7) is 0. The van der Waals surface area contributed by atoms with Crippen LogP contribution in [0.4, 0.5) is 29.1 Å². The maximum atomic E-state index is 13.8. The van der Waals surface area contributed by atoms with Crippen LogP contribution in [0, 0.1) is 5.82 Å². The van der Waals surface area contributed by atoms with Crippen molar-refractivity contribution in [2.45, 2.75) is 12.6 Å². The highest BCUT2D eigenvalue weighted by Crippen LogP contribution is 2.32. The lowest BCUT2D eigenvalue weighted by Crippen LogP contribution is -2.10. The molecule has 0 saturated heterocycles. The molecule has 1 aromatic carbocycles. The van der Waals surface area contributed by atoms with Gasteiger partial charge < -0.3 is 11.5 Å². The third-order valence-electron chi connectivity index (χ3n) is 4.69. The van der Waals surface area contributed by atoms with Crippen LogP contribution in [-0.4, -0.2) is 30.8 Å². The summed E-state index contributed by atoms with van der Waals surface area (Å²) >= 11 is 0. The highest BCUT2D eigenvalue weighted by molar-refractivity contribution is 5.88. The molecule has 4 aromatic rings. The summed E-state index contributed by atoms with van der Waals surface area (Å²) in [5, 5.41) is 4.20. The molecule has 0 saturated carbocycles. The van der Waals surface area contributed by atoms with Crippen LogP contribution in [0.25, 0.3) is 16.6 Å². The van der Waals surface area contributed by atoms with Crippen molar-refractivity contribution in [1.29, 1.82) is 0 Å². The highest BCUT2D eigenvalue weighted by atomic mass is 19.4. The smallest absolute Gasteiger partial charge is 0.404 e. The number of benzene rings is 1. The molecule has 0 radical (unpaired) electrons. The van der Waals surface area contributed by atoms with Crippen LogP contribution < -0.4 is 11.5 Å². The fraction of sp³-hybridized carbons (Fsp3) is 0.0952. The zero-order valence-electron chi connectivity index (χ0n) is 16.8. The minimum atomic E-state index is -4.66. The zero-order valence-corrected chi connectivity index (χ0v) is 16.8. The summed E-state index contributed by atoms with van der Waals surface area (Å²) in [5.74, 6) is -1.62. The molecule has 33 heavy (non-hydrogen) atoms. The number of nitrogen functional groups attached to an aromatic ring is 1. The van der Waals surface area contributed by atoms with E-state index in [-0.39, 0.29) is 17.9 Å². The number of alkyl halides is 3. The first-order valence-corrected chi connectivity index (χ1v) is 9.48. The van der Waals surface area contributed by atoms with E-state index in [0.717, 1.165) is 12.4 Å². The molecule has 4 rings (SSSR count). The summed E-state index contributed by atoms with van der Waals surface area (Å²) in [6.07, 6.45) is 1.65. The second kappa shape index (κ2) is 8.65. The molecule has 4 N–H and O–H groups in total. The molecule has 3 aromatic heterocycles. The van der Waals surface area contributed by atoms with E-state index in [2.05, 4.69) is 25.0 Å². The van der Waals surface area contributed by atoms with E-state index in [0.29, 0.717) is 27.9 Å². The topological polar surface area (TPSA) is 120 Å². The predicted octanol–water partition coefficient (Wildman–Crippen LogP) is 3.71. The number of hydrogen-bond donors (Lipinski definition) is 2. The number of allylic oxidation sites excluding steroid dienone is 1. The molecule has 0 bridgehead atoms. The van der Waals surface area contributed by atoms with Crippen LogP contribution >= 0.6 is 0 Å². The van der Waals surface area contributed by atoms with Crippen molar-refractivity contribution in [2.75, 3.05) is 5.73 Å². The van der Waals surface area contributed by atoms with Crippen molar-refractivity contribution in [1.82, 2.24) is 24.6 Å². The summed E-state index contributed by atoms with van der Waals surface area (Å²) in [6, 6.07) is 7.69. The van der Waals surface area contributed by atoms with Gasteiger partial charge in [0, 0.05) is 41.8 Å². The van der Waals surface area contributed by atoms with Gasteiger partial charge in [-0.1, -0.05) is 12.1 Å². The molecule has 0 atom stereocenters. The van der Waals surface area contributed by atoms with Gasteiger partial charge in [0.1, 0.15) is 17.7 Å². The van der Waals surface area contributed by atoms with Crippen molar-refractivity contribution in [2.24, 2.45) is 10.7 Å². The SMILES string of the molecule is NC=C(C=Nc1ccccc1F)Cc1cc(-c2cnc(C(F)(F)F)nc2)c2c(N)ncnn12. The Morgan fingerprint density at radius 3 is 2.52 bits per heavy atom. The van der Waals surface area contributed by atoms with Gasteiger partial charge in [-0.15, -0.1) is 0 Å². The Kier molecular flexibility index (Phi) is 5.73. The lowest BCUT2D eigenvalue weighted by molar-refractivity contribution is -0.144. The van der Waals surface area contributed by atoms with Gasteiger partial charge in [-0.25, -0.2) is 23.9 Å². The van der Waals surface area contributed by atoms with E-state index in [1.807, 2.05) is 0 Å². The minimum absolute atomic E-state index is 0.115. The molecule has 0 spiro atoms. The van der Waals surface area contributed by atoms with E-state index < -0.39 is 17.8 Å². The van der Waals surface area contributed by atoms with Gasteiger partial charge in [0.2, 0.25) is 5.82 Å². The Labute approximate surface area is 184 Å². The molecule has 12 heteroatoms. The maximum Gasteiger partial charge on any atom is 0.451 e. The number of aliphatic imine (C=N–C) groups is 1. The van der Waals surface area contributed by atoms with Gasteiger partial charge in [-0.3, -0.25) is 4.99 Å². The first-order valence-electron chi connectivity index (χ1n) is 9.48. The molecule has 0 unspecified atom stereocenters. The number of halogens is 4. The van der Waals surface area contributed by atoms with Crippen molar-refractivity contribution in [3.05, 3.63) is 78.2 Å². The molecule has 0 aliphatic rings. The van der Waals surface area contributed by atoms with Gasteiger partial charge in [0.05, 0.1) is 5.69 Å². The van der Waals surface area contributed by atoms with Gasteiger partial charge in [0.25, 0.3) is 0 Å². The van der Waals surface area contributed by atoms with Crippen molar-refractivity contribution >= 4 is 23.2 Å². The molecule has 0 aliphatic carbocycles. The number of hydrogen-bond acceptors (Lipinski definition) is 7. The quantitative estimate of drug-likeness (QED) is 0.349. The molecular formula is C21H16F4N8. The van der Waals surface area contributed by atoms with Crippen LogP contribution in [-0.2, 0) is 12.6 Å². The lowest BCUT2D eigenvalue weighted by atomic mass is 10.1. The first kappa shape index (κ1) is 21.9. The van der Waals surface area contributed by atoms with E-state index in [1.165, 1.54) is 35.4 Å². The van der Waals surface area contributed by atoms with Crippen molar-refractivity contribution in [3.8, 4) is 11.1 Å². The summed E-state index contributed by atoms with van der Waals surface area (Å²) in [7, 11) is 0. The Hall–Kier alpha value is -4.35. The highest BCUT2D eigenvalue weighted by Gasteiger charge is 2.34. The number of rotatable bonds is 5. The molecular weight excluding hydrogens is 440 g/mol. The summed E-state index contributed by atoms with van der Waals surface area (Å²) in [5.41, 5.74) is 14.1. The number of nitrogens with zero attached hydrogens (tertiary/aromatic N) is 6. The molecule has 0 fully saturated rings. The Bertz CT molecular complexity index is 1360. The molecule has 0 amide bonds. The maximum absolute atomic E-state index is 13.8. The number of nitrogens with two attached hydrogens (primary N) is 2. The summed E-state index contributed by atoms with van der Waals surface area (Å²) in [4.78, 5) is 14.9. The number of fused-ring (bicyclic) bond motifs is 1. The third-order valence-corrected chi connectivity index (χ3v) is 4.69. The minimum Gasteiger partial charge on any atom is -0.404 e. The number of para-hydroxylation sites is 1.